The van der Waals surface area contributed by atoms with Crippen molar-refractivity contribution in [2.45, 2.75) is 70.8 Å². The van der Waals surface area contributed by atoms with Gasteiger partial charge in [0.05, 0.1) is 4.92 Å². The summed E-state index contributed by atoms with van der Waals surface area (Å²) in [4.78, 5) is 36.3. The number of carbonyl (C=O) groups excluding carboxylic acids is 2. The van der Waals surface area contributed by atoms with Gasteiger partial charge in [-0.15, -0.1) is 0 Å². The molecule has 142 valence electrons. The normalized spacial score (nSPS) is 20.5. The lowest BCUT2D eigenvalue weighted by Gasteiger charge is -2.40. The van der Waals surface area contributed by atoms with Gasteiger partial charge < -0.3 is 4.74 Å². The van der Waals surface area contributed by atoms with Crippen LogP contribution >= 0.6 is 0 Å². The molecule has 0 bridgehead atoms. The van der Waals surface area contributed by atoms with Crippen molar-refractivity contribution in [3.63, 3.8) is 0 Å². The van der Waals surface area contributed by atoms with Crippen LogP contribution in [-0.4, -0.2) is 22.3 Å². The van der Waals surface area contributed by atoms with Crippen molar-refractivity contribution < 1.29 is 19.2 Å². The number of nitro groups is 1. The van der Waals surface area contributed by atoms with Crippen LogP contribution in [0.1, 0.15) is 70.8 Å². The molecule has 0 amide bonds. The van der Waals surface area contributed by atoms with Crippen molar-refractivity contribution in [1.82, 2.24) is 0 Å². The molecule has 1 aliphatic heterocycles. The lowest BCUT2D eigenvalue weighted by molar-refractivity contribution is -0.384. The number of esters is 1. The molecule has 0 radical (unpaired) electrons. The van der Waals surface area contributed by atoms with Gasteiger partial charge in [-0.1, -0.05) is 45.7 Å². The van der Waals surface area contributed by atoms with Gasteiger partial charge in [0, 0.05) is 24.5 Å². The predicted molar refractivity (Wildman–Crippen MR) is 97.9 cm³/mol. The lowest BCUT2D eigenvalue weighted by atomic mass is 9.74. The summed E-state index contributed by atoms with van der Waals surface area (Å²) in [6.07, 6.45) is 3.80. The van der Waals surface area contributed by atoms with Gasteiger partial charge in [-0.05, 0) is 24.8 Å². The molecular weight excluding hydrogens is 334 g/mol. The van der Waals surface area contributed by atoms with Crippen LogP contribution in [0.5, 0.6) is 0 Å². The van der Waals surface area contributed by atoms with Crippen molar-refractivity contribution in [2.75, 3.05) is 0 Å². The van der Waals surface area contributed by atoms with Gasteiger partial charge in [-0.25, -0.2) is 0 Å². The van der Waals surface area contributed by atoms with E-state index in [1.54, 1.807) is 12.1 Å². The number of non-ortho nitro benzene ring substituents is 1. The topological polar surface area (TPSA) is 86.5 Å². The Morgan fingerprint density at radius 1 is 1.23 bits per heavy atom. The van der Waals surface area contributed by atoms with Crippen LogP contribution in [0, 0.1) is 16.0 Å². The van der Waals surface area contributed by atoms with E-state index in [4.69, 9.17) is 4.74 Å². The summed E-state index contributed by atoms with van der Waals surface area (Å²) in [5, 5.41) is 11.0. The summed E-state index contributed by atoms with van der Waals surface area (Å²) in [6.45, 7) is 5.91. The molecule has 0 aromatic heterocycles. The largest absolute Gasteiger partial charge is 0.458 e. The van der Waals surface area contributed by atoms with Gasteiger partial charge in [-0.3, -0.25) is 19.7 Å². The van der Waals surface area contributed by atoms with E-state index < -0.39 is 28.3 Å². The third-order valence-electron chi connectivity index (χ3n) is 5.18. The number of carbonyl (C=O) groups is 2. The zero-order valence-electron chi connectivity index (χ0n) is 15.7. The second-order valence-electron chi connectivity index (χ2n) is 7.09. The minimum atomic E-state index is -0.885. The molecule has 6 nitrogen and oxygen atoms in total. The number of nitrogens with zero attached hydrogens (tertiary/aromatic N) is 1. The number of Topliss-reactive ketones (excluding diaryl/α,β-unsaturated/α-hetero) is 1. The van der Waals surface area contributed by atoms with Crippen molar-refractivity contribution in [1.29, 1.82) is 0 Å². The SMILES string of the molecule is CCCC1(CCC)CC(=O)C(C(CC)c2cccc([N+](=O)[O-])c2)C(=O)O1. The highest BCUT2D eigenvalue weighted by Gasteiger charge is 2.48. The first-order valence-corrected chi connectivity index (χ1v) is 9.37. The van der Waals surface area contributed by atoms with Gasteiger partial charge in [-0.2, -0.15) is 0 Å². The molecular formula is C20H27NO5. The number of nitro benzene ring substituents is 1. The van der Waals surface area contributed by atoms with E-state index in [2.05, 4.69) is 0 Å². The standard InChI is InChI=1S/C20H27NO5/c1-4-10-20(11-5-2)13-17(22)18(19(23)26-20)16(6-3)14-8-7-9-15(12-14)21(24)25/h7-9,12,16,18H,4-6,10-11,13H2,1-3H3. The minimum absolute atomic E-state index is 0.0381. The van der Waals surface area contributed by atoms with Crippen molar-refractivity contribution in [2.24, 2.45) is 5.92 Å². The Morgan fingerprint density at radius 3 is 2.38 bits per heavy atom. The van der Waals surface area contributed by atoms with Crippen molar-refractivity contribution in [3.05, 3.63) is 39.9 Å². The number of hydrogen-bond acceptors (Lipinski definition) is 5. The molecule has 1 aliphatic rings. The molecule has 0 aliphatic carbocycles. The average molecular weight is 361 g/mol. The van der Waals surface area contributed by atoms with Crippen LogP contribution in [0.15, 0.2) is 24.3 Å². The fourth-order valence-electron chi connectivity index (χ4n) is 4.11. The summed E-state index contributed by atoms with van der Waals surface area (Å²) in [6, 6.07) is 6.19. The zero-order chi connectivity index (χ0) is 19.3. The van der Waals surface area contributed by atoms with Gasteiger partial charge >= 0.3 is 5.97 Å². The number of ether oxygens (including phenoxy) is 1. The highest BCUT2D eigenvalue weighted by atomic mass is 16.6. The van der Waals surface area contributed by atoms with E-state index >= 15 is 0 Å². The molecule has 0 spiro atoms. The molecule has 1 aromatic carbocycles. The zero-order valence-corrected chi connectivity index (χ0v) is 15.7. The average Bonchev–Trinajstić information content (AvgIpc) is 2.58. The fourth-order valence-corrected chi connectivity index (χ4v) is 4.11. The molecule has 0 saturated carbocycles. The van der Waals surface area contributed by atoms with E-state index in [-0.39, 0.29) is 17.9 Å². The summed E-state index contributed by atoms with van der Waals surface area (Å²) in [5.74, 6) is -1.89. The minimum Gasteiger partial charge on any atom is -0.458 e. The maximum atomic E-state index is 12.9. The number of benzene rings is 1. The van der Waals surface area contributed by atoms with Crippen LogP contribution in [0.25, 0.3) is 0 Å². The van der Waals surface area contributed by atoms with Gasteiger partial charge in [0.25, 0.3) is 5.69 Å². The van der Waals surface area contributed by atoms with E-state index in [9.17, 15) is 19.7 Å². The fraction of sp³-hybridized carbons (Fsp3) is 0.600. The Labute approximate surface area is 154 Å². The first-order chi connectivity index (χ1) is 12.4. The van der Waals surface area contributed by atoms with Gasteiger partial charge in [0.2, 0.25) is 0 Å². The van der Waals surface area contributed by atoms with Crippen molar-refractivity contribution >= 4 is 17.4 Å². The molecule has 2 rings (SSSR count). The first kappa shape index (κ1) is 20.1. The maximum Gasteiger partial charge on any atom is 0.317 e. The first-order valence-electron chi connectivity index (χ1n) is 9.37. The van der Waals surface area contributed by atoms with E-state index in [0.29, 0.717) is 24.8 Å². The lowest BCUT2D eigenvalue weighted by Crippen LogP contribution is -2.49. The molecule has 2 atom stereocenters. The molecule has 26 heavy (non-hydrogen) atoms. The predicted octanol–water partition coefficient (Wildman–Crippen LogP) is 4.56. The summed E-state index contributed by atoms with van der Waals surface area (Å²) in [7, 11) is 0. The molecule has 1 aromatic rings. The molecule has 1 fully saturated rings. The molecule has 2 unspecified atom stereocenters. The van der Waals surface area contributed by atoms with Crippen LogP contribution in [-0.2, 0) is 14.3 Å². The molecule has 1 saturated heterocycles. The summed E-state index contributed by atoms with van der Waals surface area (Å²) in [5.41, 5.74) is -0.0887. The molecule has 6 heteroatoms. The Kier molecular flexibility index (Phi) is 6.51. The van der Waals surface area contributed by atoms with E-state index in [1.165, 1.54) is 12.1 Å². The third kappa shape index (κ3) is 4.11. The van der Waals surface area contributed by atoms with Crippen LogP contribution < -0.4 is 0 Å². The van der Waals surface area contributed by atoms with Gasteiger partial charge in [0.15, 0.2) is 5.78 Å². The smallest absolute Gasteiger partial charge is 0.317 e. The quantitative estimate of drug-likeness (QED) is 0.293. The summed E-state index contributed by atoms with van der Waals surface area (Å²) >= 11 is 0. The van der Waals surface area contributed by atoms with Crippen LogP contribution in [0.3, 0.4) is 0 Å². The number of rotatable bonds is 8. The molecule has 0 N–H and O–H groups in total. The van der Waals surface area contributed by atoms with Gasteiger partial charge in [0.1, 0.15) is 11.5 Å². The molecule has 1 heterocycles. The van der Waals surface area contributed by atoms with Crippen LogP contribution in [0.2, 0.25) is 0 Å². The second kappa shape index (κ2) is 8.43. The third-order valence-corrected chi connectivity index (χ3v) is 5.18. The van der Waals surface area contributed by atoms with Crippen LogP contribution in [0.4, 0.5) is 5.69 Å². The maximum absolute atomic E-state index is 12.9. The number of hydrogen-bond donors (Lipinski definition) is 0. The van der Waals surface area contributed by atoms with E-state index in [0.717, 1.165) is 12.8 Å². The summed E-state index contributed by atoms with van der Waals surface area (Å²) < 4.78 is 5.83. The Bertz CT molecular complexity index is 659. The van der Waals surface area contributed by atoms with Crippen molar-refractivity contribution in [3.8, 4) is 0 Å². The number of ketones is 1. The Morgan fingerprint density at radius 2 is 1.88 bits per heavy atom. The Balaban J connectivity index is 2.32. The monoisotopic (exact) mass is 361 g/mol. The Hall–Kier alpha value is -2.24. The highest BCUT2D eigenvalue weighted by Crippen LogP contribution is 2.41. The highest BCUT2D eigenvalue weighted by molar-refractivity contribution is 6.02. The second-order valence-corrected chi connectivity index (χ2v) is 7.09. The van der Waals surface area contributed by atoms with E-state index in [1.807, 2.05) is 20.8 Å². The number of cyclic esters (lactones) is 1.